The summed E-state index contributed by atoms with van der Waals surface area (Å²) in [6, 6.07) is 5.63. The van der Waals surface area contributed by atoms with Crippen LogP contribution in [0.4, 0.5) is 36.3 Å². The number of aromatic nitrogens is 2. The molecule has 0 spiro atoms. The Morgan fingerprint density at radius 1 is 1.23 bits per heavy atom. The van der Waals surface area contributed by atoms with E-state index in [0.717, 1.165) is 25.2 Å². The molecule has 3 saturated heterocycles. The lowest BCUT2D eigenvalue weighted by molar-refractivity contribution is -0.0712. The van der Waals surface area contributed by atoms with Crippen LogP contribution in [-0.4, -0.2) is 65.4 Å². The molecule has 3 N–H and O–H groups in total. The van der Waals surface area contributed by atoms with Crippen molar-refractivity contribution in [2.45, 2.75) is 37.5 Å². The highest BCUT2D eigenvalue weighted by Crippen LogP contribution is 2.36. The highest BCUT2D eigenvalue weighted by molar-refractivity contribution is 5.67. The van der Waals surface area contributed by atoms with Gasteiger partial charge in [-0.2, -0.15) is 0 Å². The number of β-amino-alcohol motifs (C(OH)–C–C–N with tert-alkyl or cyclic N) is 1. The van der Waals surface area contributed by atoms with Crippen LogP contribution in [0.15, 0.2) is 24.4 Å². The van der Waals surface area contributed by atoms with Crippen molar-refractivity contribution in [3.63, 3.8) is 0 Å². The number of fused-ring (bicyclic) bond motifs is 2. The smallest absolute Gasteiger partial charge is 0.292 e. The molecule has 30 heavy (non-hydrogen) atoms. The van der Waals surface area contributed by atoms with E-state index in [1.807, 2.05) is 6.07 Å². The molecule has 3 fully saturated rings. The van der Waals surface area contributed by atoms with Crippen LogP contribution < -0.4 is 20.4 Å². The third kappa shape index (κ3) is 3.43. The lowest BCUT2D eigenvalue weighted by Crippen LogP contribution is -2.43. The fourth-order valence-corrected chi connectivity index (χ4v) is 4.41. The van der Waals surface area contributed by atoms with E-state index in [-0.39, 0.29) is 12.4 Å². The number of nitrogens with zero attached hydrogens (tertiary/aromatic N) is 4. The molecule has 0 aromatic carbocycles. The number of nitrogens with one attached hydrogen (secondary N) is 2. The van der Waals surface area contributed by atoms with Crippen LogP contribution in [0.1, 0.15) is 12.0 Å². The van der Waals surface area contributed by atoms with Crippen molar-refractivity contribution >= 4 is 23.1 Å². The Bertz CT molecular complexity index is 974. The first kappa shape index (κ1) is 19.4. The highest BCUT2D eigenvalue weighted by atomic mass is 19.3. The predicted octanol–water partition coefficient (Wildman–Crippen LogP) is 2.03. The largest absolute Gasteiger partial charge is 0.385 e. The molecular weight excluding hydrogens is 397 g/mol. The first-order valence-corrected chi connectivity index (χ1v) is 10.0. The molecule has 0 saturated carbocycles. The summed E-state index contributed by atoms with van der Waals surface area (Å²) < 4.78 is 41.8. The predicted molar refractivity (Wildman–Crippen MR) is 107 cm³/mol. The van der Waals surface area contributed by atoms with Gasteiger partial charge in [0.15, 0.2) is 0 Å². The maximum atomic E-state index is 13.9. The third-order valence-electron chi connectivity index (χ3n) is 6.08. The molecule has 5 heterocycles. The quantitative estimate of drug-likeness (QED) is 0.699. The zero-order chi connectivity index (χ0) is 21.0. The van der Waals surface area contributed by atoms with Crippen LogP contribution in [0.25, 0.3) is 0 Å². The number of piperazine rings is 1. The van der Waals surface area contributed by atoms with Crippen molar-refractivity contribution < 1.29 is 18.3 Å². The topological polar surface area (TPSA) is 76.6 Å². The van der Waals surface area contributed by atoms with Crippen molar-refractivity contribution in [3.8, 4) is 0 Å². The van der Waals surface area contributed by atoms with E-state index in [2.05, 4.69) is 25.5 Å². The molecular formula is C20H23F3N6O. The highest BCUT2D eigenvalue weighted by Gasteiger charge is 2.48. The number of alkyl halides is 2. The molecule has 3 aliphatic rings. The lowest BCUT2D eigenvalue weighted by atomic mass is 10.2. The van der Waals surface area contributed by atoms with Gasteiger partial charge in [-0.3, -0.25) is 0 Å². The second kappa shape index (κ2) is 6.98. The number of aliphatic hydroxyl groups is 1. The van der Waals surface area contributed by atoms with Gasteiger partial charge in [0.2, 0.25) is 0 Å². The number of anilines is 4. The van der Waals surface area contributed by atoms with Gasteiger partial charge in [0.05, 0.1) is 13.1 Å². The van der Waals surface area contributed by atoms with Gasteiger partial charge in [0.25, 0.3) is 5.92 Å². The Kier molecular flexibility index (Phi) is 4.51. The summed E-state index contributed by atoms with van der Waals surface area (Å²) in [6.45, 7) is 2.52. The Morgan fingerprint density at radius 3 is 2.70 bits per heavy atom. The number of hydrogen-bond donors (Lipinski definition) is 3. The molecule has 3 unspecified atom stereocenters. The van der Waals surface area contributed by atoms with Crippen molar-refractivity contribution in [2.24, 2.45) is 0 Å². The molecule has 10 heteroatoms. The summed E-state index contributed by atoms with van der Waals surface area (Å²) in [5, 5.41) is 16.1. The molecule has 2 bridgehead atoms. The summed E-state index contributed by atoms with van der Waals surface area (Å²) in [5.74, 6) is -2.57. The average molecular weight is 420 g/mol. The van der Waals surface area contributed by atoms with Gasteiger partial charge in [0, 0.05) is 60.8 Å². The Balaban J connectivity index is 1.49. The van der Waals surface area contributed by atoms with Crippen molar-refractivity contribution in [2.75, 3.05) is 41.3 Å². The first-order valence-electron chi connectivity index (χ1n) is 10.0. The van der Waals surface area contributed by atoms with Crippen LogP contribution in [0.3, 0.4) is 0 Å². The van der Waals surface area contributed by atoms with Crippen molar-refractivity contribution in [1.82, 2.24) is 15.3 Å². The molecule has 0 radical (unpaired) electrons. The number of aryl methyl sites for hydroxylation is 1. The van der Waals surface area contributed by atoms with Gasteiger partial charge in [-0.15, -0.1) is 0 Å². The minimum absolute atomic E-state index is 0.200. The Hall–Kier alpha value is -2.59. The van der Waals surface area contributed by atoms with Crippen LogP contribution in [0.5, 0.6) is 0 Å². The Labute approximate surface area is 171 Å². The van der Waals surface area contributed by atoms with E-state index in [1.165, 1.54) is 17.2 Å². The van der Waals surface area contributed by atoms with Gasteiger partial charge < -0.3 is 25.5 Å². The second-order valence-electron chi connectivity index (χ2n) is 8.32. The minimum Gasteiger partial charge on any atom is -0.385 e. The SMILES string of the molecule is Cc1cnc(Nc2cc(N3CC4CC3CN4)cc(N3CC(O)C(F)(F)C3)n2)cc1F. The maximum Gasteiger partial charge on any atom is 0.292 e. The van der Waals surface area contributed by atoms with Crippen LogP contribution in [0.2, 0.25) is 0 Å². The summed E-state index contributed by atoms with van der Waals surface area (Å²) in [5.41, 5.74) is 1.28. The number of pyridine rings is 2. The van der Waals surface area contributed by atoms with Crippen LogP contribution in [0, 0.1) is 12.7 Å². The van der Waals surface area contributed by atoms with Crippen molar-refractivity contribution in [3.05, 3.63) is 35.8 Å². The molecule has 2 aromatic heterocycles. The standard InChI is InChI=1S/C20H23F3N6O/c1-11-6-25-17(5-15(11)21)26-18-3-13(29-8-12-2-14(29)7-24-12)4-19(27-18)28-9-16(30)20(22,23)10-28/h3-6,12,14,16,24,30H,2,7-10H2,1H3,(H,25,26,27). The molecule has 0 aliphatic carbocycles. The van der Waals surface area contributed by atoms with Gasteiger partial charge >= 0.3 is 0 Å². The average Bonchev–Trinajstić information content (AvgIpc) is 3.40. The molecule has 0 amide bonds. The minimum atomic E-state index is -3.19. The number of rotatable bonds is 4. The van der Waals surface area contributed by atoms with Gasteiger partial charge in [-0.25, -0.2) is 23.1 Å². The molecule has 7 nitrogen and oxygen atoms in total. The number of halogens is 3. The fourth-order valence-electron chi connectivity index (χ4n) is 4.41. The molecule has 2 aromatic rings. The Morgan fingerprint density at radius 2 is 2.07 bits per heavy atom. The summed E-state index contributed by atoms with van der Waals surface area (Å²) in [4.78, 5) is 12.3. The van der Waals surface area contributed by atoms with E-state index < -0.39 is 24.4 Å². The van der Waals surface area contributed by atoms with E-state index in [0.29, 0.717) is 29.3 Å². The lowest BCUT2D eigenvalue weighted by Gasteiger charge is -2.31. The zero-order valence-electron chi connectivity index (χ0n) is 16.4. The molecule has 160 valence electrons. The zero-order valence-corrected chi connectivity index (χ0v) is 16.4. The van der Waals surface area contributed by atoms with Gasteiger partial charge in [0.1, 0.15) is 29.4 Å². The van der Waals surface area contributed by atoms with Gasteiger partial charge in [-0.1, -0.05) is 0 Å². The molecule has 5 rings (SSSR count). The summed E-state index contributed by atoms with van der Waals surface area (Å²) >= 11 is 0. The fraction of sp³-hybridized carbons (Fsp3) is 0.500. The maximum absolute atomic E-state index is 13.9. The number of aliphatic hydroxyl groups excluding tert-OH is 1. The van der Waals surface area contributed by atoms with Crippen LogP contribution in [-0.2, 0) is 0 Å². The molecule has 3 aliphatic heterocycles. The first-order chi connectivity index (χ1) is 14.3. The monoisotopic (exact) mass is 420 g/mol. The van der Waals surface area contributed by atoms with E-state index in [9.17, 15) is 18.3 Å². The number of hydrogen-bond acceptors (Lipinski definition) is 7. The van der Waals surface area contributed by atoms with E-state index >= 15 is 0 Å². The van der Waals surface area contributed by atoms with E-state index in [4.69, 9.17) is 0 Å². The third-order valence-corrected chi connectivity index (χ3v) is 6.08. The van der Waals surface area contributed by atoms with Crippen molar-refractivity contribution in [1.29, 1.82) is 0 Å². The van der Waals surface area contributed by atoms with Crippen LogP contribution >= 0.6 is 0 Å². The summed E-state index contributed by atoms with van der Waals surface area (Å²) in [7, 11) is 0. The second-order valence-corrected chi connectivity index (χ2v) is 8.32. The molecule has 3 atom stereocenters. The normalized spacial score (nSPS) is 27.2. The van der Waals surface area contributed by atoms with E-state index in [1.54, 1.807) is 13.0 Å². The summed E-state index contributed by atoms with van der Waals surface area (Å²) in [6.07, 6.45) is 0.718. The van der Waals surface area contributed by atoms with Gasteiger partial charge in [-0.05, 0) is 13.3 Å².